The average molecular weight is 265 g/mol. The summed E-state index contributed by atoms with van der Waals surface area (Å²) in [6.45, 7) is 0. The van der Waals surface area contributed by atoms with E-state index in [1.165, 1.54) is 6.07 Å². The third-order valence-electron chi connectivity index (χ3n) is 3.10. The molecule has 0 bridgehead atoms. The van der Waals surface area contributed by atoms with Crippen LogP contribution in [0.25, 0.3) is 22.5 Å². The Labute approximate surface area is 115 Å². The highest BCUT2D eigenvalue weighted by molar-refractivity contribution is 5.75. The Hall–Kier alpha value is -2.88. The second-order valence-electron chi connectivity index (χ2n) is 4.33. The Morgan fingerprint density at radius 2 is 1.55 bits per heavy atom. The zero-order chi connectivity index (χ0) is 13.9. The van der Waals surface area contributed by atoms with Crippen molar-refractivity contribution in [2.24, 2.45) is 0 Å². The summed E-state index contributed by atoms with van der Waals surface area (Å²) in [5, 5.41) is 11.0. The van der Waals surface area contributed by atoms with E-state index in [9.17, 15) is 10.1 Å². The normalized spacial score (nSPS) is 10.4. The van der Waals surface area contributed by atoms with E-state index in [1.54, 1.807) is 24.5 Å². The Morgan fingerprint density at radius 1 is 0.850 bits per heavy atom. The molecule has 0 spiro atoms. The van der Waals surface area contributed by atoms with Gasteiger partial charge in [-0.05, 0) is 23.8 Å². The highest BCUT2D eigenvalue weighted by Gasteiger charge is 2.13. The molecule has 0 aliphatic carbocycles. The number of hydrogen-bond acceptors (Lipinski definition) is 3. The van der Waals surface area contributed by atoms with E-state index in [0.717, 1.165) is 16.9 Å². The first-order valence-corrected chi connectivity index (χ1v) is 6.13. The summed E-state index contributed by atoms with van der Waals surface area (Å²) in [6, 6.07) is 17.9. The van der Waals surface area contributed by atoms with Crippen LogP contribution in [0.2, 0.25) is 0 Å². The van der Waals surface area contributed by atoms with Gasteiger partial charge in [-0.1, -0.05) is 36.4 Å². The van der Waals surface area contributed by atoms with Gasteiger partial charge in [-0.3, -0.25) is 10.1 Å². The lowest BCUT2D eigenvalue weighted by Crippen LogP contribution is -1.91. The minimum absolute atomic E-state index is 0.109. The molecule has 0 saturated carbocycles. The van der Waals surface area contributed by atoms with Crippen molar-refractivity contribution >= 4 is 5.69 Å². The largest absolute Gasteiger partial charge is 0.464 e. The molecule has 1 aromatic heterocycles. The Morgan fingerprint density at radius 3 is 2.20 bits per heavy atom. The fourth-order valence-corrected chi connectivity index (χ4v) is 2.13. The Kier molecular flexibility index (Phi) is 3.05. The fraction of sp³-hybridized carbons (Fsp3) is 0. The van der Waals surface area contributed by atoms with Gasteiger partial charge >= 0.3 is 0 Å². The lowest BCUT2D eigenvalue weighted by atomic mass is 10.0. The van der Waals surface area contributed by atoms with Crippen LogP contribution in [0.4, 0.5) is 5.69 Å². The van der Waals surface area contributed by atoms with Crippen LogP contribution >= 0.6 is 0 Å². The maximum absolute atomic E-state index is 11.0. The highest BCUT2D eigenvalue weighted by atomic mass is 16.6. The molecule has 0 N–H and O–H groups in total. The molecule has 0 amide bonds. The van der Waals surface area contributed by atoms with Gasteiger partial charge < -0.3 is 4.42 Å². The number of para-hydroxylation sites is 1. The maximum atomic E-state index is 11.0. The predicted molar refractivity (Wildman–Crippen MR) is 76.2 cm³/mol. The summed E-state index contributed by atoms with van der Waals surface area (Å²) in [7, 11) is 0. The highest BCUT2D eigenvalue weighted by Crippen LogP contribution is 2.31. The van der Waals surface area contributed by atoms with Crippen LogP contribution in [-0.2, 0) is 0 Å². The van der Waals surface area contributed by atoms with Gasteiger partial charge in [0, 0.05) is 11.6 Å². The molecule has 0 atom stereocenters. The van der Waals surface area contributed by atoms with Crippen LogP contribution in [0.3, 0.4) is 0 Å². The van der Waals surface area contributed by atoms with Crippen molar-refractivity contribution in [3.05, 3.63) is 77.0 Å². The van der Waals surface area contributed by atoms with Crippen molar-refractivity contribution in [1.29, 1.82) is 0 Å². The molecular weight excluding hydrogens is 254 g/mol. The van der Waals surface area contributed by atoms with Gasteiger partial charge in [0.05, 0.1) is 16.7 Å². The summed E-state index contributed by atoms with van der Waals surface area (Å²) in [6.07, 6.45) is 1.62. The average Bonchev–Trinajstić information content (AvgIpc) is 3.02. The van der Waals surface area contributed by atoms with Gasteiger partial charge in [0.1, 0.15) is 5.76 Å². The zero-order valence-corrected chi connectivity index (χ0v) is 10.5. The summed E-state index contributed by atoms with van der Waals surface area (Å²) >= 11 is 0. The fourth-order valence-electron chi connectivity index (χ4n) is 2.13. The van der Waals surface area contributed by atoms with Crippen molar-refractivity contribution in [2.75, 3.05) is 0 Å². The molecule has 3 aromatic rings. The third kappa shape index (κ3) is 2.19. The minimum atomic E-state index is -0.365. The first-order valence-electron chi connectivity index (χ1n) is 6.13. The summed E-state index contributed by atoms with van der Waals surface area (Å²) < 4.78 is 5.32. The molecule has 4 heteroatoms. The monoisotopic (exact) mass is 265 g/mol. The summed E-state index contributed by atoms with van der Waals surface area (Å²) in [5.74, 6) is 0.777. The molecule has 1 heterocycles. The molecule has 0 aliphatic heterocycles. The first-order chi connectivity index (χ1) is 9.75. The maximum Gasteiger partial charge on any atom is 0.277 e. The van der Waals surface area contributed by atoms with Crippen molar-refractivity contribution < 1.29 is 9.34 Å². The van der Waals surface area contributed by atoms with E-state index in [4.69, 9.17) is 4.42 Å². The van der Waals surface area contributed by atoms with Crippen molar-refractivity contribution in [3.8, 4) is 22.5 Å². The first kappa shape index (κ1) is 12.2. The van der Waals surface area contributed by atoms with Gasteiger partial charge in [0.2, 0.25) is 0 Å². The quantitative estimate of drug-likeness (QED) is 0.516. The van der Waals surface area contributed by atoms with E-state index in [-0.39, 0.29) is 10.6 Å². The lowest BCUT2D eigenvalue weighted by molar-refractivity contribution is -0.384. The molecule has 0 unspecified atom stereocenters. The lowest BCUT2D eigenvalue weighted by Gasteiger charge is -2.04. The van der Waals surface area contributed by atoms with E-state index >= 15 is 0 Å². The number of hydrogen-bond donors (Lipinski definition) is 0. The second-order valence-corrected chi connectivity index (χ2v) is 4.33. The molecule has 98 valence electrons. The summed E-state index contributed by atoms with van der Waals surface area (Å²) in [5.41, 5.74) is 2.48. The molecule has 0 aliphatic rings. The molecule has 0 radical (unpaired) electrons. The molecule has 0 saturated heterocycles. The van der Waals surface area contributed by atoms with Crippen LogP contribution in [-0.4, -0.2) is 4.92 Å². The van der Waals surface area contributed by atoms with Gasteiger partial charge in [-0.15, -0.1) is 0 Å². The number of benzene rings is 2. The van der Waals surface area contributed by atoms with Crippen LogP contribution < -0.4 is 0 Å². The van der Waals surface area contributed by atoms with Crippen molar-refractivity contribution in [3.63, 3.8) is 0 Å². The topological polar surface area (TPSA) is 56.3 Å². The Balaban J connectivity index is 2.02. The third-order valence-corrected chi connectivity index (χ3v) is 3.10. The predicted octanol–water partition coefficient (Wildman–Crippen LogP) is 4.52. The smallest absolute Gasteiger partial charge is 0.277 e. The van der Waals surface area contributed by atoms with Crippen LogP contribution in [0.15, 0.2) is 71.3 Å². The molecular formula is C16H11NO3. The van der Waals surface area contributed by atoms with Crippen molar-refractivity contribution in [1.82, 2.24) is 0 Å². The SMILES string of the molecule is O=[N+]([O-])c1ccccc1-c1ccc(-c2ccco2)cc1. The molecule has 4 nitrogen and oxygen atoms in total. The molecule has 2 aromatic carbocycles. The van der Waals surface area contributed by atoms with E-state index in [1.807, 2.05) is 36.4 Å². The second kappa shape index (κ2) is 5.01. The van der Waals surface area contributed by atoms with E-state index in [2.05, 4.69) is 0 Å². The summed E-state index contributed by atoms with van der Waals surface area (Å²) in [4.78, 5) is 10.7. The Bertz CT molecular complexity index is 731. The van der Waals surface area contributed by atoms with Crippen molar-refractivity contribution in [2.45, 2.75) is 0 Å². The van der Waals surface area contributed by atoms with Gasteiger partial charge in [-0.2, -0.15) is 0 Å². The molecule has 20 heavy (non-hydrogen) atoms. The number of nitro benzene ring substituents is 1. The zero-order valence-electron chi connectivity index (χ0n) is 10.5. The van der Waals surface area contributed by atoms with E-state index in [0.29, 0.717) is 5.56 Å². The number of nitrogens with zero attached hydrogens (tertiary/aromatic N) is 1. The molecule has 3 rings (SSSR count). The van der Waals surface area contributed by atoms with E-state index < -0.39 is 0 Å². The van der Waals surface area contributed by atoms with Crippen LogP contribution in [0, 0.1) is 10.1 Å². The van der Waals surface area contributed by atoms with Crippen LogP contribution in [0.5, 0.6) is 0 Å². The molecule has 0 fully saturated rings. The van der Waals surface area contributed by atoms with Crippen LogP contribution in [0.1, 0.15) is 0 Å². The number of rotatable bonds is 3. The number of nitro groups is 1. The van der Waals surface area contributed by atoms with Gasteiger partial charge in [-0.25, -0.2) is 0 Å². The van der Waals surface area contributed by atoms with Gasteiger partial charge in [0.25, 0.3) is 5.69 Å². The minimum Gasteiger partial charge on any atom is -0.464 e. The van der Waals surface area contributed by atoms with Gasteiger partial charge in [0.15, 0.2) is 0 Å². The standard InChI is InChI=1S/C16H11NO3/c18-17(19)15-5-2-1-4-14(15)12-7-9-13(10-8-12)16-6-3-11-20-16/h1-11H. The number of furan rings is 1.